The fraction of sp³-hybridized carbons (Fsp3) is 0.294. The number of nitroso groups, excluding NO2 is 1. The van der Waals surface area contributed by atoms with E-state index in [2.05, 4.69) is 9.91 Å². The third kappa shape index (κ3) is 5.68. The van der Waals surface area contributed by atoms with Crippen LogP contribution in [0.15, 0.2) is 57.4 Å². The number of hydrogen-bond acceptors (Lipinski definition) is 6. The normalized spacial score (nSPS) is 12.1. The van der Waals surface area contributed by atoms with Crippen LogP contribution >= 0.6 is 0 Å². The van der Waals surface area contributed by atoms with Crippen LogP contribution in [0, 0.1) is 10.8 Å². The van der Waals surface area contributed by atoms with E-state index in [0.29, 0.717) is 0 Å². The van der Waals surface area contributed by atoms with Crippen LogP contribution in [0.4, 0.5) is 18.9 Å². The molecule has 2 aromatic carbocycles. The van der Waals surface area contributed by atoms with Crippen molar-refractivity contribution in [3.63, 3.8) is 0 Å². The van der Waals surface area contributed by atoms with Crippen LogP contribution in [0.3, 0.4) is 0 Å². The second-order valence-electron chi connectivity index (χ2n) is 5.98. The Morgan fingerprint density at radius 1 is 1.04 bits per heavy atom. The first-order valence-corrected chi connectivity index (χ1v) is 9.22. The average molecular weight is 403 g/mol. The van der Waals surface area contributed by atoms with E-state index in [0.717, 1.165) is 30.3 Å². The molecule has 0 aliphatic carbocycles. The Hall–Kier alpha value is -2.62. The Morgan fingerprint density at radius 2 is 1.70 bits per heavy atom. The molecule has 0 saturated heterocycles. The predicted molar refractivity (Wildman–Crippen MR) is 90.8 cm³/mol. The molecule has 0 bridgehead atoms. The first kappa shape index (κ1) is 20.7. The van der Waals surface area contributed by atoms with Crippen molar-refractivity contribution >= 4 is 15.5 Å². The molecule has 0 amide bonds. The molecule has 2 aromatic rings. The number of hydrogen-bond donors (Lipinski definition) is 0. The Labute approximate surface area is 153 Å². The summed E-state index contributed by atoms with van der Waals surface area (Å²) in [5.74, 6) is -0.416. The first-order valence-electron chi connectivity index (χ1n) is 7.73. The monoisotopic (exact) mass is 403 g/mol. The molecular weight excluding hydrogens is 387 g/mol. The van der Waals surface area contributed by atoms with Gasteiger partial charge in [-0.15, -0.1) is 18.1 Å². The number of sulfone groups is 1. The maximum absolute atomic E-state index is 12.8. The van der Waals surface area contributed by atoms with E-state index in [-0.39, 0.29) is 28.9 Å². The zero-order valence-electron chi connectivity index (χ0n) is 14.4. The first-order chi connectivity index (χ1) is 12.5. The van der Waals surface area contributed by atoms with Gasteiger partial charge in [0.05, 0.1) is 16.4 Å². The molecule has 0 spiro atoms. The van der Waals surface area contributed by atoms with Crippen LogP contribution in [0.5, 0.6) is 11.5 Å². The molecule has 146 valence electrons. The lowest BCUT2D eigenvalue weighted by Gasteiger charge is -2.12. The molecule has 10 heteroatoms. The van der Waals surface area contributed by atoms with Crippen LogP contribution in [0.2, 0.25) is 0 Å². The smallest absolute Gasteiger partial charge is 0.493 e. The van der Waals surface area contributed by atoms with Crippen molar-refractivity contribution in [1.29, 1.82) is 0 Å². The number of benzene rings is 2. The van der Waals surface area contributed by atoms with Crippen molar-refractivity contribution in [1.82, 2.24) is 0 Å². The molecule has 0 aromatic heterocycles. The molecule has 0 heterocycles. The highest BCUT2D eigenvalue weighted by Gasteiger charge is 2.31. The van der Waals surface area contributed by atoms with E-state index in [1.807, 2.05) is 13.8 Å². The Morgan fingerprint density at radius 3 is 2.30 bits per heavy atom. The summed E-state index contributed by atoms with van der Waals surface area (Å²) in [7, 11) is -4.24. The summed E-state index contributed by atoms with van der Waals surface area (Å²) in [6.07, 6.45) is -4.96. The van der Waals surface area contributed by atoms with Gasteiger partial charge < -0.3 is 9.47 Å². The lowest BCUT2D eigenvalue weighted by Crippen LogP contribution is -2.17. The molecule has 27 heavy (non-hydrogen) atoms. The van der Waals surface area contributed by atoms with E-state index < -0.39 is 26.8 Å². The molecule has 0 saturated carbocycles. The number of halogens is 3. The molecule has 0 fully saturated rings. The number of ether oxygens (including phenoxy) is 2. The maximum atomic E-state index is 12.8. The largest absolute Gasteiger partial charge is 0.573 e. The van der Waals surface area contributed by atoms with Gasteiger partial charge in [-0.3, -0.25) is 0 Å². The third-order valence-electron chi connectivity index (χ3n) is 3.21. The summed E-state index contributed by atoms with van der Waals surface area (Å²) >= 11 is 0. The molecule has 0 unspecified atom stereocenters. The fourth-order valence-corrected chi connectivity index (χ4v) is 3.43. The van der Waals surface area contributed by atoms with Gasteiger partial charge in [0.1, 0.15) is 17.2 Å². The second-order valence-corrected chi connectivity index (χ2v) is 7.93. The van der Waals surface area contributed by atoms with Crippen LogP contribution in [0.25, 0.3) is 0 Å². The van der Waals surface area contributed by atoms with Crippen LogP contribution in [-0.4, -0.2) is 21.4 Å². The van der Waals surface area contributed by atoms with Gasteiger partial charge in [-0.25, -0.2) is 8.42 Å². The van der Waals surface area contributed by atoms with Gasteiger partial charge in [-0.05, 0) is 41.4 Å². The van der Waals surface area contributed by atoms with E-state index in [1.165, 1.54) is 12.1 Å². The molecule has 2 rings (SSSR count). The van der Waals surface area contributed by atoms with Crippen LogP contribution in [-0.2, 0) is 9.84 Å². The van der Waals surface area contributed by atoms with Crippen LogP contribution in [0.1, 0.15) is 13.8 Å². The van der Waals surface area contributed by atoms with Gasteiger partial charge in [-0.1, -0.05) is 19.9 Å². The average Bonchev–Trinajstić information content (AvgIpc) is 2.58. The lowest BCUT2D eigenvalue weighted by molar-refractivity contribution is -0.274. The van der Waals surface area contributed by atoms with Gasteiger partial charge in [0, 0.05) is 6.07 Å². The Bertz CT molecular complexity index is 926. The summed E-state index contributed by atoms with van der Waals surface area (Å²) < 4.78 is 71.8. The minimum Gasteiger partial charge on any atom is -0.493 e. The predicted octanol–water partition coefficient (Wildman–Crippen LogP) is 4.85. The fourth-order valence-electron chi connectivity index (χ4n) is 2.09. The summed E-state index contributed by atoms with van der Waals surface area (Å²) in [6, 6.07) is 7.44. The van der Waals surface area contributed by atoms with E-state index in [9.17, 15) is 26.5 Å². The SMILES string of the molecule is CC(C)COc1cc(N=O)cc(S(=O)(=O)c2cccc(OC(F)(F)F)c2)c1. The Balaban J connectivity index is 2.45. The van der Waals surface area contributed by atoms with E-state index in [1.54, 1.807) is 0 Å². The highest BCUT2D eigenvalue weighted by atomic mass is 32.2. The standard InChI is InChI=1S/C17H16F3NO5S/c1-11(2)10-25-14-6-12(21-22)7-16(9-14)27(23,24)15-5-3-4-13(8-15)26-17(18,19)20/h3-9,11H,10H2,1-2H3. The van der Waals surface area contributed by atoms with E-state index >= 15 is 0 Å². The molecule has 0 aliphatic heterocycles. The van der Waals surface area contributed by atoms with Crippen molar-refractivity contribution in [2.45, 2.75) is 30.0 Å². The lowest BCUT2D eigenvalue weighted by atomic mass is 10.2. The van der Waals surface area contributed by atoms with Gasteiger partial charge in [0.2, 0.25) is 9.84 Å². The van der Waals surface area contributed by atoms with Crippen molar-refractivity contribution in [3.05, 3.63) is 47.4 Å². The Kier molecular flexibility index (Phi) is 6.09. The quantitative estimate of drug-likeness (QED) is 0.617. The van der Waals surface area contributed by atoms with Gasteiger partial charge in [0.25, 0.3) is 0 Å². The van der Waals surface area contributed by atoms with Crippen LogP contribution < -0.4 is 9.47 Å². The van der Waals surface area contributed by atoms with E-state index in [4.69, 9.17) is 4.74 Å². The van der Waals surface area contributed by atoms with Crippen molar-refractivity contribution in [3.8, 4) is 11.5 Å². The third-order valence-corrected chi connectivity index (χ3v) is 4.94. The number of alkyl halides is 3. The molecule has 0 aliphatic rings. The molecular formula is C17H16F3NO5S. The summed E-state index contributed by atoms with van der Waals surface area (Å²) in [4.78, 5) is 10.1. The molecule has 0 N–H and O–H groups in total. The maximum Gasteiger partial charge on any atom is 0.573 e. The minimum absolute atomic E-state index is 0.113. The highest BCUT2D eigenvalue weighted by Crippen LogP contribution is 2.32. The summed E-state index contributed by atoms with van der Waals surface area (Å²) in [5, 5.41) is 2.72. The van der Waals surface area contributed by atoms with Gasteiger partial charge in [0.15, 0.2) is 0 Å². The minimum atomic E-state index is -4.96. The van der Waals surface area contributed by atoms with Gasteiger partial charge in [-0.2, -0.15) is 0 Å². The summed E-state index contributed by atoms with van der Waals surface area (Å²) in [6.45, 7) is 4.04. The number of nitrogens with zero attached hydrogens (tertiary/aromatic N) is 1. The second kappa shape index (κ2) is 7.95. The van der Waals surface area contributed by atoms with Gasteiger partial charge >= 0.3 is 6.36 Å². The van der Waals surface area contributed by atoms with Crippen molar-refractivity contribution < 1.29 is 31.1 Å². The van der Waals surface area contributed by atoms with Crippen molar-refractivity contribution in [2.75, 3.05) is 6.61 Å². The van der Waals surface area contributed by atoms with Crippen molar-refractivity contribution in [2.24, 2.45) is 11.1 Å². The topological polar surface area (TPSA) is 82.0 Å². The molecule has 0 radical (unpaired) electrons. The zero-order valence-corrected chi connectivity index (χ0v) is 15.2. The zero-order chi connectivity index (χ0) is 20.2. The highest BCUT2D eigenvalue weighted by molar-refractivity contribution is 7.91. The number of rotatable bonds is 7. The molecule has 0 atom stereocenters. The summed E-state index contributed by atoms with van der Waals surface area (Å²) in [5.41, 5.74) is -0.183. The molecule has 6 nitrogen and oxygen atoms in total.